The minimum Gasteiger partial charge on any atom is -0.475 e. The van der Waals surface area contributed by atoms with Gasteiger partial charge < -0.3 is 20.3 Å². The molecule has 3 N–H and O–H groups in total. The second kappa shape index (κ2) is 14.7. The summed E-state index contributed by atoms with van der Waals surface area (Å²) in [6, 6.07) is 31.7. The largest absolute Gasteiger partial charge is 0.490 e. The van der Waals surface area contributed by atoms with Gasteiger partial charge in [-0.25, -0.2) is 9.78 Å². The fourth-order valence-electron chi connectivity index (χ4n) is 6.66. The molecular formula is C38H35Cl2F3N4O3. The fourth-order valence-corrected chi connectivity index (χ4v) is 6.91. The van der Waals surface area contributed by atoms with Crippen LogP contribution in [0, 0.1) is 0 Å². The third kappa shape index (κ3) is 8.25. The summed E-state index contributed by atoms with van der Waals surface area (Å²) in [5, 5.41) is 8.58. The van der Waals surface area contributed by atoms with Gasteiger partial charge in [-0.15, -0.1) is 0 Å². The summed E-state index contributed by atoms with van der Waals surface area (Å²) in [4.78, 5) is 28.0. The van der Waals surface area contributed by atoms with Gasteiger partial charge in [0, 0.05) is 46.7 Å². The average molecular weight is 724 g/mol. The number of primary amides is 1. The number of carboxylic acids is 1. The van der Waals surface area contributed by atoms with Crippen molar-refractivity contribution in [1.82, 2.24) is 9.55 Å². The van der Waals surface area contributed by atoms with E-state index in [1.54, 1.807) is 0 Å². The highest BCUT2D eigenvalue weighted by atomic mass is 35.5. The van der Waals surface area contributed by atoms with Crippen molar-refractivity contribution < 1.29 is 27.9 Å². The second-order valence-corrected chi connectivity index (χ2v) is 13.6. The van der Waals surface area contributed by atoms with Crippen molar-refractivity contribution in [2.45, 2.75) is 56.2 Å². The van der Waals surface area contributed by atoms with Crippen LogP contribution in [-0.4, -0.2) is 45.8 Å². The van der Waals surface area contributed by atoms with Crippen molar-refractivity contribution in [3.63, 3.8) is 0 Å². The van der Waals surface area contributed by atoms with Gasteiger partial charge >= 0.3 is 12.1 Å². The number of halogens is 5. The number of anilines is 1. The van der Waals surface area contributed by atoms with E-state index in [4.69, 9.17) is 43.8 Å². The first-order valence-corrected chi connectivity index (χ1v) is 17.1. The number of carboxylic acid groups (broad SMARTS) is 1. The first kappa shape index (κ1) is 35.3. The average Bonchev–Trinajstić information content (AvgIpc) is 3.86. The summed E-state index contributed by atoms with van der Waals surface area (Å²) >= 11 is 12.6. The van der Waals surface area contributed by atoms with Crippen LogP contribution in [0.4, 0.5) is 18.9 Å². The highest BCUT2D eigenvalue weighted by molar-refractivity contribution is 6.30. The Morgan fingerprint density at radius 1 is 0.840 bits per heavy atom. The molecule has 2 aliphatic rings. The van der Waals surface area contributed by atoms with Gasteiger partial charge in [0.05, 0.1) is 17.5 Å². The number of aromatic nitrogens is 2. The molecule has 7 nitrogen and oxygen atoms in total. The summed E-state index contributed by atoms with van der Waals surface area (Å²) in [6.07, 6.45) is -0.328. The summed E-state index contributed by atoms with van der Waals surface area (Å²) < 4.78 is 34.3. The van der Waals surface area contributed by atoms with Gasteiger partial charge in [0.15, 0.2) is 0 Å². The minimum atomic E-state index is -5.08. The number of hydrogen-bond donors (Lipinski definition) is 2. The fraction of sp³-hybridized carbons (Fsp3) is 0.289. The van der Waals surface area contributed by atoms with E-state index in [1.807, 2.05) is 36.4 Å². The van der Waals surface area contributed by atoms with E-state index in [9.17, 15) is 18.0 Å². The quantitative estimate of drug-likeness (QED) is 0.156. The molecule has 0 spiro atoms. The molecule has 2 heterocycles. The Labute approximate surface area is 297 Å². The lowest BCUT2D eigenvalue weighted by Gasteiger charge is -2.35. The van der Waals surface area contributed by atoms with Gasteiger partial charge in [-0.2, -0.15) is 13.2 Å². The molecular weight excluding hydrogens is 688 g/mol. The zero-order chi connectivity index (χ0) is 35.6. The molecule has 1 saturated carbocycles. The van der Waals surface area contributed by atoms with Gasteiger partial charge in [0.1, 0.15) is 5.82 Å². The Morgan fingerprint density at radius 2 is 1.40 bits per heavy atom. The number of imidazole rings is 1. The van der Waals surface area contributed by atoms with E-state index in [0.717, 1.165) is 52.7 Å². The van der Waals surface area contributed by atoms with Gasteiger partial charge in [-0.1, -0.05) is 65.7 Å². The van der Waals surface area contributed by atoms with E-state index in [1.165, 1.54) is 40.9 Å². The van der Waals surface area contributed by atoms with Crippen molar-refractivity contribution in [2.24, 2.45) is 5.73 Å². The van der Waals surface area contributed by atoms with Crippen molar-refractivity contribution in [3.05, 3.63) is 129 Å². The number of alkyl halides is 3. The zero-order valence-corrected chi connectivity index (χ0v) is 28.4. The maximum absolute atomic E-state index is 11.5. The van der Waals surface area contributed by atoms with Crippen molar-refractivity contribution in [2.75, 3.05) is 18.0 Å². The third-order valence-electron chi connectivity index (χ3n) is 9.15. The minimum absolute atomic E-state index is 0.0428. The summed E-state index contributed by atoms with van der Waals surface area (Å²) in [5.74, 6) is -1.23. The number of carbonyl (C=O) groups excluding carboxylic acids is 1. The molecule has 1 aliphatic heterocycles. The zero-order valence-electron chi connectivity index (χ0n) is 26.9. The van der Waals surface area contributed by atoms with E-state index < -0.39 is 12.1 Å². The second-order valence-electron chi connectivity index (χ2n) is 12.7. The monoisotopic (exact) mass is 722 g/mol. The molecule has 1 aromatic heterocycles. The maximum atomic E-state index is 11.5. The smallest absolute Gasteiger partial charge is 0.475 e. The molecule has 2 fully saturated rings. The van der Waals surface area contributed by atoms with Gasteiger partial charge in [0.2, 0.25) is 5.91 Å². The number of nitrogens with two attached hydrogens (primary N) is 1. The standard InChI is InChI=1S/C36H34Cl2N4O.C2HF3O2/c37-28-11-6-24(7-12-28)35(25-8-13-29(38)14-9-25)27-10-15-32-33(22-27)42(36(40-32)26-4-5-26)30-16-18-41(19-17-30)31-3-1-2-23(20-31)21-34(39)43;3-2(4,5)1(6)7/h1-3,6-15,20,22,26,30,35H,4-5,16-19,21H2,(H2,39,43);(H,6,7). The molecule has 0 bridgehead atoms. The van der Waals surface area contributed by atoms with Crippen molar-refractivity contribution in [3.8, 4) is 0 Å². The molecule has 0 unspecified atom stereocenters. The molecule has 12 heteroatoms. The molecule has 5 aromatic rings. The van der Waals surface area contributed by atoms with E-state index >= 15 is 0 Å². The molecule has 50 heavy (non-hydrogen) atoms. The Bertz CT molecular complexity index is 1940. The first-order chi connectivity index (χ1) is 23.9. The van der Waals surface area contributed by atoms with Crippen LogP contribution in [0.25, 0.3) is 11.0 Å². The van der Waals surface area contributed by atoms with Crippen LogP contribution in [0.5, 0.6) is 0 Å². The number of rotatable bonds is 8. The van der Waals surface area contributed by atoms with Crippen LogP contribution in [0.2, 0.25) is 10.0 Å². The number of fused-ring (bicyclic) bond motifs is 1. The molecule has 0 radical (unpaired) electrons. The lowest BCUT2D eigenvalue weighted by atomic mass is 9.85. The normalized spacial score (nSPS) is 15.2. The van der Waals surface area contributed by atoms with Crippen LogP contribution >= 0.6 is 23.2 Å². The van der Waals surface area contributed by atoms with Crippen LogP contribution in [0.3, 0.4) is 0 Å². The van der Waals surface area contributed by atoms with E-state index in [2.05, 4.69) is 64.1 Å². The highest BCUT2D eigenvalue weighted by Gasteiger charge is 2.38. The van der Waals surface area contributed by atoms with Gasteiger partial charge in [-0.3, -0.25) is 4.79 Å². The molecule has 260 valence electrons. The number of amides is 1. The molecule has 7 rings (SSSR count). The number of nitrogens with zero attached hydrogens (tertiary/aromatic N) is 3. The summed E-state index contributed by atoms with van der Waals surface area (Å²) in [5.41, 5.74) is 13.5. The lowest BCUT2D eigenvalue weighted by Crippen LogP contribution is -2.35. The van der Waals surface area contributed by atoms with Crippen LogP contribution in [-0.2, 0) is 16.0 Å². The van der Waals surface area contributed by atoms with Gasteiger partial charge in [0.25, 0.3) is 0 Å². The number of hydrogen-bond acceptors (Lipinski definition) is 4. The molecule has 1 saturated heterocycles. The molecule has 0 atom stereocenters. The summed E-state index contributed by atoms with van der Waals surface area (Å²) in [6.45, 7) is 1.90. The highest BCUT2D eigenvalue weighted by Crippen LogP contribution is 2.44. The molecule has 1 aliphatic carbocycles. The lowest BCUT2D eigenvalue weighted by molar-refractivity contribution is -0.192. The summed E-state index contributed by atoms with van der Waals surface area (Å²) in [7, 11) is 0. The molecule has 1 amide bonds. The Balaban J connectivity index is 0.000000561. The third-order valence-corrected chi connectivity index (χ3v) is 9.65. The Morgan fingerprint density at radius 3 is 1.92 bits per heavy atom. The predicted octanol–water partition coefficient (Wildman–Crippen LogP) is 8.90. The molecule has 4 aromatic carbocycles. The SMILES string of the molecule is NC(=O)Cc1cccc(N2CCC(n3c(C4CC4)nc4ccc(C(c5ccc(Cl)cc5)c5ccc(Cl)cc5)cc43)CC2)c1.O=C(O)C(F)(F)F. The van der Waals surface area contributed by atoms with Crippen LogP contribution in [0.1, 0.15) is 71.6 Å². The van der Waals surface area contributed by atoms with Crippen LogP contribution < -0.4 is 10.6 Å². The Kier molecular flexibility index (Phi) is 10.4. The number of benzene rings is 4. The number of piperidine rings is 1. The predicted molar refractivity (Wildman–Crippen MR) is 189 cm³/mol. The van der Waals surface area contributed by atoms with Crippen molar-refractivity contribution in [1.29, 1.82) is 0 Å². The topological polar surface area (TPSA) is 101 Å². The Hall–Kier alpha value is -4.54. The van der Waals surface area contributed by atoms with E-state index in [0.29, 0.717) is 12.0 Å². The maximum Gasteiger partial charge on any atom is 0.490 e. The van der Waals surface area contributed by atoms with Gasteiger partial charge in [-0.05, 0) is 96.5 Å². The number of aliphatic carboxylic acids is 1. The number of carbonyl (C=O) groups is 2. The van der Waals surface area contributed by atoms with Crippen molar-refractivity contribution >= 4 is 51.8 Å². The van der Waals surface area contributed by atoms with Crippen LogP contribution in [0.15, 0.2) is 91.0 Å². The van der Waals surface area contributed by atoms with E-state index in [-0.39, 0.29) is 18.2 Å². The first-order valence-electron chi connectivity index (χ1n) is 16.3.